The normalized spacial score (nSPS) is 7.25. The Bertz CT molecular complexity index is 210. The summed E-state index contributed by atoms with van der Waals surface area (Å²) in [4.78, 5) is 0. The minimum atomic E-state index is -5.17. The molecule has 0 saturated carbocycles. The van der Waals surface area contributed by atoms with Crippen molar-refractivity contribution in [1.82, 2.24) is 0 Å². The summed E-state index contributed by atoms with van der Waals surface area (Å²) < 4.78 is 68.2. The molecule has 0 aliphatic carbocycles. The van der Waals surface area contributed by atoms with Gasteiger partial charge in [-0.3, -0.25) is 16.8 Å². The summed E-state index contributed by atoms with van der Waals surface area (Å²) in [6, 6.07) is 0. The molecule has 10 N–H and O–H groups in total. The fourth-order valence-corrected chi connectivity index (χ4v) is 0. The van der Waals surface area contributed by atoms with Crippen molar-refractivity contribution >= 4 is 20.8 Å². The molecule has 0 fully saturated rings. The summed E-state index contributed by atoms with van der Waals surface area (Å²) in [6.07, 6.45) is 0. The molecule has 0 aliphatic rings. The quantitative estimate of drug-likeness (QED) is 0.230. The van der Waals surface area contributed by atoms with Crippen molar-refractivity contribution in [3.8, 4) is 0 Å². The number of hydrogen-bond acceptors (Lipinski definition) is 8. The van der Waals surface area contributed by atoms with Gasteiger partial charge in [-0.05, 0) is 0 Å². The van der Waals surface area contributed by atoms with E-state index < -0.39 is 20.8 Å². The van der Waals surface area contributed by atoms with Crippen molar-refractivity contribution in [3.63, 3.8) is 0 Å². The second-order valence-corrected chi connectivity index (χ2v) is 2.45. The Morgan fingerprint density at radius 2 is 0.500 bits per heavy atom. The predicted octanol–water partition coefficient (Wildman–Crippen LogP) is -6.80. The Labute approximate surface area is 101 Å². The second-order valence-electron chi connectivity index (χ2n) is 0.816. The summed E-state index contributed by atoms with van der Waals surface area (Å²) in [5, 5.41) is 0. The minimum absolute atomic E-state index is 0. The average Bonchev–Trinajstić information content (AvgIpc) is 1.12. The molecule has 0 heterocycles. The molecule has 0 rings (SSSR count). The third-order valence-corrected chi connectivity index (χ3v) is 0. The number of rotatable bonds is 0. The first-order valence-electron chi connectivity index (χ1n) is 1.33. The van der Waals surface area contributed by atoms with Gasteiger partial charge in [0.2, 0.25) is 0 Å². The van der Waals surface area contributed by atoms with E-state index >= 15 is 0 Å². The van der Waals surface area contributed by atoms with Gasteiger partial charge in [-0.15, -0.1) is 0 Å². The topological polar surface area (TPSA) is 318 Å². The zero-order chi connectivity index (χ0) is 9.00. The molecule has 0 bridgehead atoms. The smallest absolute Gasteiger partial charge is 0.0311 e. The van der Waals surface area contributed by atoms with Gasteiger partial charge in [0.1, 0.15) is 0 Å². The zero-order valence-corrected chi connectivity index (χ0v) is 9.46. The molecule has 0 spiro atoms. The van der Waals surface area contributed by atoms with Gasteiger partial charge in [0.25, 0.3) is 0 Å². The van der Waals surface area contributed by atoms with E-state index in [9.17, 15) is 0 Å². The van der Waals surface area contributed by atoms with Gasteiger partial charge in [-0.1, -0.05) is 0 Å². The van der Waals surface area contributed by atoms with Gasteiger partial charge >= 0.3 is 0 Å². The van der Waals surface area contributed by atoms with Crippen LogP contribution in [0.5, 0.6) is 0 Å². The molecule has 0 aromatic rings. The fourth-order valence-electron chi connectivity index (χ4n) is 0. The Morgan fingerprint density at radius 3 is 0.500 bits per heavy atom. The van der Waals surface area contributed by atoms with Crippen LogP contribution < -0.4 is 0 Å². The number of hydrogen-bond donors (Lipinski definition) is 0. The van der Waals surface area contributed by atoms with Crippen LogP contribution >= 0.6 is 0 Å². The maximum Gasteiger partial charge on any atom is 0.0311 e. The monoisotopic (exact) mass is 345 g/mol. The molecule has 0 aromatic carbocycles. The second kappa shape index (κ2) is 20.5. The fraction of sp³-hybridized carbons (Fsp3) is 0. The molecule has 0 aliphatic heterocycles. The molecule has 0 unspecified atom stereocenters. The van der Waals surface area contributed by atoms with E-state index in [1.165, 1.54) is 0 Å². The van der Waals surface area contributed by atoms with Crippen LogP contribution in [0.2, 0.25) is 0 Å². The van der Waals surface area contributed by atoms with E-state index in [0.717, 1.165) is 0 Å². The van der Waals surface area contributed by atoms with Crippen LogP contribution in [0.3, 0.4) is 0 Å². The first kappa shape index (κ1) is 56.1. The maximum absolute atomic E-state index is 8.52. The molecule has 16 heteroatoms. The van der Waals surface area contributed by atoms with Gasteiger partial charge < -0.3 is 45.6 Å². The van der Waals surface area contributed by atoms with Gasteiger partial charge in [0, 0.05) is 37.9 Å². The molecule has 0 aromatic heterocycles. The molecule has 0 atom stereocenters. The molecule has 1 radical (unpaired) electrons. The Balaban J connectivity index is -0.00000000970. The maximum atomic E-state index is 8.52. The van der Waals surface area contributed by atoms with Crippen molar-refractivity contribution in [2.45, 2.75) is 0 Å². The standard InChI is InChI=1S/Cu.2H2O4S.5H2O/c;2*1-5(2,3)4;;;;;/h;2*(H2,1,2,3,4);5*1H2/p-4. The van der Waals surface area contributed by atoms with Crippen LogP contribution in [0.4, 0.5) is 0 Å². The van der Waals surface area contributed by atoms with E-state index in [1.807, 2.05) is 0 Å². The summed E-state index contributed by atoms with van der Waals surface area (Å²) in [6.45, 7) is 0. The molecule has 115 valence electrons. The molecule has 0 saturated heterocycles. The Kier molecular flexibility index (Phi) is 71.7. The van der Waals surface area contributed by atoms with Gasteiger partial charge in [0.15, 0.2) is 0 Å². The van der Waals surface area contributed by atoms with E-state index in [-0.39, 0.29) is 44.4 Å². The minimum Gasteiger partial charge on any atom is -0.759 e. The summed E-state index contributed by atoms with van der Waals surface area (Å²) >= 11 is 0. The van der Waals surface area contributed by atoms with Crippen molar-refractivity contribution in [2.75, 3.05) is 0 Å². The largest absolute Gasteiger partial charge is 0.759 e. The predicted molar refractivity (Wildman–Crippen MR) is 39.0 cm³/mol. The molecule has 16 heavy (non-hydrogen) atoms. The van der Waals surface area contributed by atoms with Gasteiger partial charge in [-0.25, -0.2) is 0 Å². The van der Waals surface area contributed by atoms with E-state index in [4.69, 9.17) is 35.0 Å². The van der Waals surface area contributed by atoms with Gasteiger partial charge in [-0.2, -0.15) is 0 Å². The van der Waals surface area contributed by atoms with Crippen molar-refractivity contribution in [3.05, 3.63) is 0 Å². The summed E-state index contributed by atoms with van der Waals surface area (Å²) in [7, 11) is -10.3. The third-order valence-electron chi connectivity index (χ3n) is 0. The molecule has 0 amide bonds. The van der Waals surface area contributed by atoms with Crippen LogP contribution in [-0.2, 0) is 37.9 Å². The summed E-state index contributed by atoms with van der Waals surface area (Å²) in [5.74, 6) is 0. The van der Waals surface area contributed by atoms with E-state index in [2.05, 4.69) is 0 Å². The first-order valence-corrected chi connectivity index (χ1v) is 4.00. The Hall–Kier alpha value is 0.0595. The molecular weight excluding hydrogens is 336 g/mol. The van der Waals surface area contributed by atoms with Crippen LogP contribution in [0.1, 0.15) is 0 Å². The van der Waals surface area contributed by atoms with Gasteiger partial charge in [0.05, 0.1) is 0 Å². The third kappa shape index (κ3) is 678000. The van der Waals surface area contributed by atoms with Crippen LogP contribution in [0.15, 0.2) is 0 Å². The van der Waals surface area contributed by atoms with Crippen molar-refractivity contribution in [1.29, 1.82) is 0 Å². The summed E-state index contributed by atoms with van der Waals surface area (Å²) in [5.41, 5.74) is 0. The van der Waals surface area contributed by atoms with E-state index in [0.29, 0.717) is 0 Å². The average molecular weight is 346 g/mol. The van der Waals surface area contributed by atoms with Crippen LogP contribution in [0, 0.1) is 0 Å². The van der Waals surface area contributed by atoms with E-state index in [1.54, 1.807) is 0 Å². The van der Waals surface area contributed by atoms with Crippen molar-refractivity contribution in [2.24, 2.45) is 0 Å². The molecule has 13 nitrogen and oxygen atoms in total. The Morgan fingerprint density at radius 1 is 0.500 bits per heavy atom. The SMILES string of the molecule is O.O.O.O.O.O=S(=O)([O-])[O-].O=S(=O)([O-])[O-].[Cu]. The zero-order valence-electron chi connectivity index (χ0n) is 6.88. The van der Waals surface area contributed by atoms with Crippen molar-refractivity contribution < 1.29 is 79.5 Å². The molecular formula is H10CuO13S2-4. The first-order chi connectivity index (χ1) is 4.00. The van der Waals surface area contributed by atoms with Crippen LogP contribution in [-0.4, -0.2) is 62.4 Å². The van der Waals surface area contributed by atoms with Crippen LogP contribution in [0.25, 0.3) is 0 Å².